The molecule has 0 aliphatic heterocycles. The molecule has 2 rings (SSSR count). The van der Waals surface area contributed by atoms with Crippen molar-refractivity contribution in [3.05, 3.63) is 60.2 Å². The third kappa shape index (κ3) is 6.14. The second kappa shape index (κ2) is 9.73. The molecule has 3 N–H and O–H groups in total. The van der Waals surface area contributed by atoms with Gasteiger partial charge in [0.1, 0.15) is 6.04 Å². The van der Waals surface area contributed by atoms with E-state index in [1.54, 1.807) is 48.5 Å². The van der Waals surface area contributed by atoms with Gasteiger partial charge in [0.25, 0.3) is 5.91 Å². The van der Waals surface area contributed by atoms with Crippen LogP contribution in [0.15, 0.2) is 54.6 Å². The van der Waals surface area contributed by atoms with E-state index in [4.69, 9.17) is 10.00 Å². The summed E-state index contributed by atoms with van der Waals surface area (Å²) in [6, 6.07) is 15.5. The van der Waals surface area contributed by atoms with Crippen LogP contribution in [0.2, 0.25) is 0 Å². The van der Waals surface area contributed by atoms with Crippen molar-refractivity contribution < 1.29 is 19.1 Å². The molecule has 0 bridgehead atoms. The zero-order valence-electron chi connectivity index (χ0n) is 15.4. The van der Waals surface area contributed by atoms with Crippen LogP contribution in [0.25, 0.3) is 0 Å². The Morgan fingerprint density at radius 1 is 0.929 bits per heavy atom. The number of urea groups is 1. The lowest BCUT2D eigenvalue weighted by molar-refractivity contribution is -0.154. The van der Waals surface area contributed by atoms with Gasteiger partial charge in [-0.1, -0.05) is 18.2 Å². The van der Waals surface area contributed by atoms with Crippen LogP contribution < -0.4 is 16.0 Å². The van der Waals surface area contributed by atoms with E-state index in [0.29, 0.717) is 16.9 Å². The number of carbonyl (C=O) groups is 3. The first-order chi connectivity index (χ1) is 13.4. The maximum Gasteiger partial charge on any atom is 0.329 e. The van der Waals surface area contributed by atoms with E-state index in [1.165, 1.54) is 13.8 Å². The minimum absolute atomic E-state index is 0.464. The second-order valence-corrected chi connectivity index (χ2v) is 5.94. The number of carbonyl (C=O) groups excluding carboxylic acids is 3. The van der Waals surface area contributed by atoms with Gasteiger partial charge in [0, 0.05) is 11.4 Å². The molecule has 0 spiro atoms. The van der Waals surface area contributed by atoms with Crippen LogP contribution >= 0.6 is 0 Å². The molecule has 2 aromatic rings. The van der Waals surface area contributed by atoms with Crippen LogP contribution in [0, 0.1) is 11.3 Å². The lowest BCUT2D eigenvalue weighted by Crippen LogP contribution is -2.44. The summed E-state index contributed by atoms with van der Waals surface area (Å²) in [6.07, 6.45) is -1.07. The fourth-order valence-electron chi connectivity index (χ4n) is 2.15. The minimum Gasteiger partial charge on any atom is -0.451 e. The molecule has 0 fully saturated rings. The van der Waals surface area contributed by atoms with Crippen molar-refractivity contribution >= 4 is 29.3 Å². The third-order valence-corrected chi connectivity index (χ3v) is 3.68. The summed E-state index contributed by atoms with van der Waals surface area (Å²) in [4.78, 5) is 36.1. The number of rotatable bonds is 6. The van der Waals surface area contributed by atoms with Crippen LogP contribution in [0.5, 0.6) is 0 Å². The number of benzene rings is 2. The molecule has 8 heteroatoms. The Morgan fingerprint density at radius 2 is 1.54 bits per heavy atom. The summed E-state index contributed by atoms with van der Waals surface area (Å²) < 4.78 is 5.10. The van der Waals surface area contributed by atoms with Crippen LogP contribution in [0.1, 0.15) is 19.4 Å². The lowest BCUT2D eigenvalue weighted by Gasteiger charge is -2.18. The Labute approximate surface area is 162 Å². The van der Waals surface area contributed by atoms with E-state index in [-0.39, 0.29) is 0 Å². The molecule has 0 saturated carbocycles. The summed E-state index contributed by atoms with van der Waals surface area (Å²) in [5.41, 5.74) is 1.52. The van der Waals surface area contributed by atoms with Crippen LogP contribution in [-0.2, 0) is 14.3 Å². The zero-order chi connectivity index (χ0) is 20.5. The topological polar surface area (TPSA) is 120 Å². The highest BCUT2D eigenvalue weighted by molar-refractivity contribution is 5.96. The second-order valence-electron chi connectivity index (χ2n) is 5.94. The molecule has 0 aliphatic rings. The molecule has 0 aromatic heterocycles. The van der Waals surface area contributed by atoms with Crippen molar-refractivity contribution in [1.82, 2.24) is 5.32 Å². The highest BCUT2D eigenvalue weighted by Crippen LogP contribution is 2.10. The van der Waals surface area contributed by atoms with E-state index >= 15 is 0 Å². The van der Waals surface area contributed by atoms with Crippen molar-refractivity contribution in [2.45, 2.75) is 26.0 Å². The summed E-state index contributed by atoms with van der Waals surface area (Å²) in [7, 11) is 0. The standard InChI is InChI=1S/C20H20N4O4/c1-13(22-20(27)24-16-6-4-3-5-7-16)19(26)28-14(2)18(25)23-17-10-8-15(12-21)9-11-17/h3-11,13-14H,1-2H3,(H,23,25)(H2,22,24,27)/t13-,14+/m1/s1. The molecule has 0 saturated heterocycles. The number of hydrogen-bond acceptors (Lipinski definition) is 5. The zero-order valence-corrected chi connectivity index (χ0v) is 15.4. The Kier molecular flexibility index (Phi) is 7.11. The molecule has 8 nitrogen and oxygen atoms in total. The number of nitriles is 1. The number of hydrogen-bond donors (Lipinski definition) is 3. The van der Waals surface area contributed by atoms with Gasteiger partial charge in [-0.25, -0.2) is 9.59 Å². The minimum atomic E-state index is -1.07. The van der Waals surface area contributed by atoms with Crippen molar-refractivity contribution in [1.29, 1.82) is 5.26 Å². The Hall–Kier alpha value is -3.86. The van der Waals surface area contributed by atoms with Crippen LogP contribution in [0.4, 0.5) is 16.2 Å². The van der Waals surface area contributed by atoms with Gasteiger partial charge in [-0.2, -0.15) is 5.26 Å². The van der Waals surface area contributed by atoms with Crippen molar-refractivity contribution in [3.63, 3.8) is 0 Å². The molecule has 2 aromatic carbocycles. The maximum absolute atomic E-state index is 12.1. The number of ether oxygens (including phenoxy) is 1. The molecule has 28 heavy (non-hydrogen) atoms. The molecule has 144 valence electrons. The van der Waals surface area contributed by atoms with Crippen molar-refractivity contribution in [3.8, 4) is 6.07 Å². The largest absolute Gasteiger partial charge is 0.451 e. The van der Waals surface area contributed by atoms with E-state index in [2.05, 4.69) is 16.0 Å². The first-order valence-corrected chi connectivity index (χ1v) is 8.53. The van der Waals surface area contributed by atoms with Gasteiger partial charge in [-0.05, 0) is 50.2 Å². The average molecular weight is 380 g/mol. The van der Waals surface area contributed by atoms with Gasteiger partial charge in [0.15, 0.2) is 6.10 Å². The number of amides is 3. The predicted molar refractivity (Wildman–Crippen MR) is 103 cm³/mol. The first-order valence-electron chi connectivity index (χ1n) is 8.53. The molecule has 0 unspecified atom stereocenters. The molecule has 0 aliphatic carbocycles. The Morgan fingerprint density at radius 3 is 2.14 bits per heavy atom. The highest BCUT2D eigenvalue weighted by Gasteiger charge is 2.23. The number of esters is 1. The number of anilines is 2. The van der Waals surface area contributed by atoms with E-state index < -0.39 is 30.1 Å². The predicted octanol–water partition coefficient (Wildman–Crippen LogP) is 2.64. The van der Waals surface area contributed by atoms with Crippen molar-refractivity contribution in [2.24, 2.45) is 0 Å². The molecule has 2 atom stereocenters. The highest BCUT2D eigenvalue weighted by atomic mass is 16.5. The quantitative estimate of drug-likeness (QED) is 0.665. The Balaban J connectivity index is 1.81. The lowest BCUT2D eigenvalue weighted by atomic mass is 10.2. The molecule has 0 radical (unpaired) electrons. The molecular weight excluding hydrogens is 360 g/mol. The molecular formula is C20H20N4O4. The monoisotopic (exact) mass is 380 g/mol. The van der Waals surface area contributed by atoms with Gasteiger partial charge in [0.2, 0.25) is 0 Å². The maximum atomic E-state index is 12.1. The van der Waals surface area contributed by atoms with Gasteiger partial charge in [-0.15, -0.1) is 0 Å². The van der Waals surface area contributed by atoms with E-state index in [0.717, 1.165) is 0 Å². The van der Waals surface area contributed by atoms with Crippen LogP contribution in [0.3, 0.4) is 0 Å². The summed E-state index contributed by atoms with van der Waals surface area (Å²) in [6.45, 7) is 2.88. The summed E-state index contributed by atoms with van der Waals surface area (Å²) in [5, 5.41) is 16.4. The van der Waals surface area contributed by atoms with Gasteiger partial charge in [-0.3, -0.25) is 4.79 Å². The SMILES string of the molecule is C[C@H](OC(=O)[C@@H](C)NC(=O)Nc1ccccc1)C(=O)Nc1ccc(C#N)cc1. The smallest absolute Gasteiger partial charge is 0.329 e. The fourth-order valence-corrected chi connectivity index (χ4v) is 2.15. The normalized spacial score (nSPS) is 12.0. The number of nitrogens with zero attached hydrogens (tertiary/aromatic N) is 1. The fraction of sp³-hybridized carbons (Fsp3) is 0.200. The van der Waals surface area contributed by atoms with Crippen LogP contribution in [-0.4, -0.2) is 30.1 Å². The number of para-hydroxylation sites is 1. The number of nitrogens with one attached hydrogen (secondary N) is 3. The first kappa shape index (κ1) is 20.5. The summed E-state index contributed by atoms with van der Waals surface area (Å²) >= 11 is 0. The third-order valence-electron chi connectivity index (χ3n) is 3.68. The van der Waals surface area contributed by atoms with Crippen molar-refractivity contribution in [2.75, 3.05) is 10.6 Å². The molecule has 0 heterocycles. The van der Waals surface area contributed by atoms with E-state index in [9.17, 15) is 14.4 Å². The summed E-state index contributed by atoms with van der Waals surface area (Å²) in [5.74, 6) is -1.27. The van der Waals surface area contributed by atoms with Gasteiger partial charge >= 0.3 is 12.0 Å². The Bertz CT molecular complexity index is 875. The van der Waals surface area contributed by atoms with E-state index in [1.807, 2.05) is 12.1 Å². The van der Waals surface area contributed by atoms with Gasteiger partial charge < -0.3 is 20.7 Å². The van der Waals surface area contributed by atoms with Gasteiger partial charge in [0.05, 0.1) is 11.6 Å². The molecule has 3 amide bonds. The average Bonchev–Trinajstić information content (AvgIpc) is 2.69.